The summed E-state index contributed by atoms with van der Waals surface area (Å²) in [5.41, 5.74) is 0.596. The Bertz CT molecular complexity index is 659. The number of nitrogens with zero attached hydrogens (tertiary/aromatic N) is 2. The topological polar surface area (TPSA) is 64.7 Å². The molecular weight excluding hydrogens is 359 g/mol. The second-order valence-electron chi connectivity index (χ2n) is 8.04. The van der Waals surface area contributed by atoms with Gasteiger partial charge in [0.15, 0.2) is 0 Å². The van der Waals surface area contributed by atoms with E-state index in [1.807, 2.05) is 0 Å². The number of carbonyl (C=O) groups is 2. The number of halogens is 1. The van der Waals surface area contributed by atoms with Crippen molar-refractivity contribution >= 4 is 17.5 Å². The Balaban J connectivity index is 1.35. The fourth-order valence-electron chi connectivity index (χ4n) is 4.03. The van der Waals surface area contributed by atoms with Gasteiger partial charge >= 0.3 is 0 Å². The SMILES string of the molecule is C[C@H]1CCCC[C@@H]1NC(=O)CN1CCN(CC(=O)Nc2ccc(F)cc2)CC1. The maximum Gasteiger partial charge on any atom is 0.238 e. The van der Waals surface area contributed by atoms with Crippen LogP contribution >= 0.6 is 0 Å². The molecule has 1 aromatic rings. The number of hydrogen-bond acceptors (Lipinski definition) is 4. The summed E-state index contributed by atoms with van der Waals surface area (Å²) in [6.45, 7) is 6.01. The molecule has 0 spiro atoms. The third-order valence-electron chi connectivity index (χ3n) is 5.79. The van der Waals surface area contributed by atoms with E-state index in [4.69, 9.17) is 0 Å². The number of nitrogens with one attached hydrogen (secondary N) is 2. The Kier molecular flexibility index (Phi) is 7.39. The second kappa shape index (κ2) is 9.98. The molecule has 6 nitrogen and oxygen atoms in total. The van der Waals surface area contributed by atoms with Gasteiger partial charge in [0.1, 0.15) is 5.82 Å². The molecule has 3 rings (SSSR count). The maximum absolute atomic E-state index is 12.9. The van der Waals surface area contributed by atoms with E-state index in [0.29, 0.717) is 30.7 Å². The van der Waals surface area contributed by atoms with Crippen LogP contribution in [0.4, 0.5) is 10.1 Å². The molecule has 1 heterocycles. The molecule has 2 N–H and O–H groups in total. The predicted octanol–water partition coefficient (Wildman–Crippen LogP) is 2.08. The van der Waals surface area contributed by atoms with Gasteiger partial charge in [-0.25, -0.2) is 4.39 Å². The standard InChI is InChI=1S/C21H31FN4O2/c1-16-4-2-3-5-19(16)24-21(28)15-26-12-10-25(11-13-26)14-20(27)23-18-8-6-17(22)7-9-18/h6-9,16,19H,2-5,10-15H2,1H3,(H,23,27)(H,24,28)/t16-,19-/m0/s1. The number of piperazine rings is 1. The maximum atomic E-state index is 12.9. The van der Waals surface area contributed by atoms with Crippen LogP contribution in [-0.4, -0.2) is 66.9 Å². The van der Waals surface area contributed by atoms with Gasteiger partial charge in [-0.2, -0.15) is 0 Å². The first-order valence-electron chi connectivity index (χ1n) is 10.3. The number of amides is 2. The zero-order chi connectivity index (χ0) is 19.9. The van der Waals surface area contributed by atoms with Crippen LogP contribution in [-0.2, 0) is 9.59 Å². The van der Waals surface area contributed by atoms with Crippen LogP contribution < -0.4 is 10.6 Å². The highest BCUT2D eigenvalue weighted by atomic mass is 19.1. The summed E-state index contributed by atoms with van der Waals surface area (Å²) in [5.74, 6) is 0.246. The third kappa shape index (κ3) is 6.27. The lowest BCUT2D eigenvalue weighted by molar-refractivity contribution is -0.124. The second-order valence-corrected chi connectivity index (χ2v) is 8.04. The van der Waals surface area contributed by atoms with E-state index in [2.05, 4.69) is 27.4 Å². The fraction of sp³-hybridized carbons (Fsp3) is 0.619. The minimum atomic E-state index is -0.323. The quantitative estimate of drug-likeness (QED) is 0.781. The molecule has 2 fully saturated rings. The first kappa shape index (κ1) is 20.7. The van der Waals surface area contributed by atoms with Gasteiger partial charge in [-0.05, 0) is 43.0 Å². The van der Waals surface area contributed by atoms with E-state index >= 15 is 0 Å². The minimum Gasteiger partial charge on any atom is -0.352 e. The first-order chi connectivity index (χ1) is 13.5. The lowest BCUT2D eigenvalue weighted by Gasteiger charge is -2.35. The van der Waals surface area contributed by atoms with Gasteiger partial charge in [-0.1, -0.05) is 19.8 Å². The van der Waals surface area contributed by atoms with Crippen molar-refractivity contribution in [3.05, 3.63) is 30.1 Å². The Labute approximate surface area is 166 Å². The highest BCUT2D eigenvalue weighted by Crippen LogP contribution is 2.23. The summed E-state index contributed by atoms with van der Waals surface area (Å²) in [4.78, 5) is 28.7. The van der Waals surface area contributed by atoms with E-state index in [9.17, 15) is 14.0 Å². The van der Waals surface area contributed by atoms with Gasteiger partial charge in [-0.3, -0.25) is 19.4 Å². The predicted molar refractivity (Wildman–Crippen MR) is 107 cm³/mol. The summed E-state index contributed by atoms with van der Waals surface area (Å²) in [7, 11) is 0. The molecule has 2 aliphatic rings. The van der Waals surface area contributed by atoms with E-state index in [-0.39, 0.29) is 17.6 Å². The zero-order valence-electron chi connectivity index (χ0n) is 16.6. The van der Waals surface area contributed by atoms with Crippen molar-refractivity contribution in [2.75, 3.05) is 44.6 Å². The molecule has 2 amide bonds. The molecule has 1 aromatic carbocycles. The molecule has 1 saturated heterocycles. The Morgan fingerprint density at radius 3 is 2.14 bits per heavy atom. The number of hydrogen-bond donors (Lipinski definition) is 2. The fourth-order valence-corrected chi connectivity index (χ4v) is 4.03. The average Bonchev–Trinajstić information content (AvgIpc) is 2.67. The summed E-state index contributed by atoms with van der Waals surface area (Å²) in [5, 5.41) is 5.99. The minimum absolute atomic E-state index is 0.107. The van der Waals surface area contributed by atoms with Crippen molar-refractivity contribution in [3.63, 3.8) is 0 Å². The number of benzene rings is 1. The molecule has 0 radical (unpaired) electrons. The van der Waals surface area contributed by atoms with Crippen molar-refractivity contribution in [2.45, 2.75) is 38.6 Å². The largest absolute Gasteiger partial charge is 0.352 e. The Morgan fingerprint density at radius 1 is 0.964 bits per heavy atom. The number of anilines is 1. The molecule has 154 valence electrons. The molecule has 7 heteroatoms. The van der Waals surface area contributed by atoms with Crippen LogP contribution in [0.3, 0.4) is 0 Å². The van der Waals surface area contributed by atoms with E-state index in [1.54, 1.807) is 12.1 Å². The zero-order valence-corrected chi connectivity index (χ0v) is 16.6. The normalized spacial score (nSPS) is 23.9. The molecule has 2 atom stereocenters. The highest BCUT2D eigenvalue weighted by molar-refractivity contribution is 5.92. The lowest BCUT2D eigenvalue weighted by Crippen LogP contribution is -2.52. The first-order valence-corrected chi connectivity index (χ1v) is 10.3. The lowest BCUT2D eigenvalue weighted by atomic mass is 9.86. The van der Waals surface area contributed by atoms with Crippen molar-refractivity contribution in [1.29, 1.82) is 0 Å². The van der Waals surface area contributed by atoms with Gasteiger partial charge in [-0.15, -0.1) is 0 Å². The van der Waals surface area contributed by atoms with Crippen LogP contribution in [0, 0.1) is 11.7 Å². The summed E-state index contributed by atoms with van der Waals surface area (Å²) < 4.78 is 12.9. The molecule has 0 bridgehead atoms. The highest BCUT2D eigenvalue weighted by Gasteiger charge is 2.25. The van der Waals surface area contributed by atoms with Crippen LogP contribution in [0.1, 0.15) is 32.6 Å². The van der Waals surface area contributed by atoms with Crippen LogP contribution in [0.5, 0.6) is 0 Å². The molecule has 1 aliphatic carbocycles. The van der Waals surface area contributed by atoms with Gasteiger partial charge < -0.3 is 10.6 Å². The van der Waals surface area contributed by atoms with Gasteiger partial charge in [0.05, 0.1) is 13.1 Å². The van der Waals surface area contributed by atoms with Crippen LogP contribution in [0.25, 0.3) is 0 Å². The Morgan fingerprint density at radius 2 is 1.54 bits per heavy atom. The van der Waals surface area contributed by atoms with Crippen LogP contribution in [0.2, 0.25) is 0 Å². The molecule has 28 heavy (non-hydrogen) atoms. The number of carbonyl (C=O) groups excluding carboxylic acids is 2. The van der Waals surface area contributed by atoms with Crippen molar-refractivity contribution in [3.8, 4) is 0 Å². The third-order valence-corrected chi connectivity index (χ3v) is 5.79. The summed E-state index contributed by atoms with van der Waals surface area (Å²) in [6.07, 6.45) is 4.76. The molecule has 1 aliphatic heterocycles. The van der Waals surface area contributed by atoms with Gasteiger partial charge in [0.2, 0.25) is 11.8 Å². The van der Waals surface area contributed by atoms with Gasteiger partial charge in [0.25, 0.3) is 0 Å². The van der Waals surface area contributed by atoms with Crippen molar-refractivity contribution < 1.29 is 14.0 Å². The molecule has 0 aromatic heterocycles. The van der Waals surface area contributed by atoms with E-state index < -0.39 is 0 Å². The van der Waals surface area contributed by atoms with Crippen molar-refractivity contribution in [1.82, 2.24) is 15.1 Å². The number of rotatable bonds is 6. The smallest absolute Gasteiger partial charge is 0.238 e. The molecular formula is C21H31FN4O2. The van der Waals surface area contributed by atoms with Crippen LogP contribution in [0.15, 0.2) is 24.3 Å². The molecule has 1 saturated carbocycles. The van der Waals surface area contributed by atoms with E-state index in [1.165, 1.54) is 31.4 Å². The monoisotopic (exact) mass is 390 g/mol. The van der Waals surface area contributed by atoms with Gasteiger partial charge in [0, 0.05) is 37.9 Å². The summed E-state index contributed by atoms with van der Waals surface area (Å²) >= 11 is 0. The summed E-state index contributed by atoms with van der Waals surface area (Å²) in [6, 6.07) is 6.08. The van der Waals surface area contributed by atoms with E-state index in [0.717, 1.165) is 32.6 Å². The average molecular weight is 391 g/mol. The Hall–Kier alpha value is -1.99. The molecule has 0 unspecified atom stereocenters. The van der Waals surface area contributed by atoms with Crippen molar-refractivity contribution in [2.24, 2.45) is 5.92 Å².